The molecule has 0 aromatic heterocycles. The molecule has 0 unspecified atom stereocenters. The fraction of sp³-hybridized carbons (Fsp3) is 0.500. The topological polar surface area (TPSA) is 212 Å². The van der Waals surface area contributed by atoms with Gasteiger partial charge in [0.15, 0.2) is 9.84 Å². The van der Waals surface area contributed by atoms with Gasteiger partial charge in [-0.05, 0) is 64.7 Å². The van der Waals surface area contributed by atoms with Gasteiger partial charge in [-0.1, -0.05) is 93.0 Å². The zero-order chi connectivity index (χ0) is 43.1. The molecule has 0 saturated carbocycles. The van der Waals surface area contributed by atoms with Crippen molar-refractivity contribution in [3.8, 4) is 0 Å². The number of amides is 4. The molecule has 2 aromatic carbocycles. The van der Waals surface area contributed by atoms with Gasteiger partial charge in [0.1, 0.15) is 40.3 Å². The van der Waals surface area contributed by atoms with Gasteiger partial charge in [-0.3, -0.25) is 24.0 Å². The molecular formula is C40H55ClN4O11S. The molecule has 314 valence electrons. The third kappa shape index (κ3) is 17.8. The molecule has 0 aliphatic rings. The Hall–Kier alpha value is -4.96. The van der Waals surface area contributed by atoms with E-state index in [1.54, 1.807) is 116 Å². The van der Waals surface area contributed by atoms with Crippen molar-refractivity contribution in [2.45, 2.75) is 117 Å². The van der Waals surface area contributed by atoms with Gasteiger partial charge in [-0.2, -0.15) is 0 Å². The van der Waals surface area contributed by atoms with Crippen LogP contribution in [0.4, 0.5) is 4.79 Å². The van der Waals surface area contributed by atoms with E-state index < -0.39 is 104 Å². The van der Waals surface area contributed by atoms with Crippen LogP contribution in [0.5, 0.6) is 0 Å². The van der Waals surface area contributed by atoms with Gasteiger partial charge in [0.05, 0.1) is 24.6 Å². The number of carbonyl (C=O) groups excluding carboxylic acids is 6. The third-order valence-electron chi connectivity index (χ3n) is 7.68. The molecule has 0 aliphatic carbocycles. The summed E-state index contributed by atoms with van der Waals surface area (Å²) in [5, 5.41) is 10.2. The zero-order valence-corrected chi connectivity index (χ0v) is 35.4. The summed E-state index contributed by atoms with van der Waals surface area (Å²) < 4.78 is 40.4. The summed E-state index contributed by atoms with van der Waals surface area (Å²) in [6.07, 6.45) is -1.09. The molecule has 0 fully saturated rings. The predicted octanol–water partition coefficient (Wildman–Crippen LogP) is 4.74. The van der Waals surface area contributed by atoms with Gasteiger partial charge >= 0.3 is 18.0 Å². The van der Waals surface area contributed by atoms with Crippen LogP contribution in [0, 0.1) is 5.92 Å². The van der Waals surface area contributed by atoms with Crippen LogP contribution in [-0.4, -0.2) is 79.3 Å². The highest BCUT2D eigenvalue weighted by molar-refractivity contribution is 7.96. The second-order valence-electron chi connectivity index (χ2n) is 15.4. The van der Waals surface area contributed by atoms with Gasteiger partial charge in [0.25, 0.3) is 0 Å². The number of rotatable bonds is 18. The number of nitrogens with one attached hydrogen (secondary N) is 4. The van der Waals surface area contributed by atoms with Crippen LogP contribution in [-0.2, 0) is 54.6 Å². The summed E-state index contributed by atoms with van der Waals surface area (Å²) in [7, 11) is -3.91. The average Bonchev–Trinajstić information content (AvgIpc) is 3.10. The number of carbonyl (C=O) groups is 6. The van der Waals surface area contributed by atoms with Gasteiger partial charge in [-0.25, -0.2) is 13.2 Å². The van der Waals surface area contributed by atoms with Crippen molar-refractivity contribution in [2.75, 3.05) is 5.75 Å². The van der Waals surface area contributed by atoms with Gasteiger partial charge in [0, 0.05) is 0 Å². The van der Waals surface area contributed by atoms with Crippen LogP contribution >= 0.6 is 11.6 Å². The van der Waals surface area contributed by atoms with E-state index in [4.69, 9.17) is 25.8 Å². The van der Waals surface area contributed by atoms with Crippen LogP contribution in [0.25, 0.3) is 0 Å². The van der Waals surface area contributed by atoms with Crippen LogP contribution < -0.4 is 21.3 Å². The fourth-order valence-electron chi connectivity index (χ4n) is 5.01. The first-order valence-electron chi connectivity index (χ1n) is 18.4. The Bertz CT molecular complexity index is 1840. The van der Waals surface area contributed by atoms with E-state index in [-0.39, 0.29) is 17.9 Å². The van der Waals surface area contributed by atoms with Crippen molar-refractivity contribution < 1.29 is 51.4 Å². The molecule has 4 N–H and O–H groups in total. The summed E-state index contributed by atoms with van der Waals surface area (Å²) in [6.45, 7) is 14.4. The smallest absolute Gasteiger partial charge is 0.408 e. The van der Waals surface area contributed by atoms with Crippen LogP contribution in [0.15, 0.2) is 71.1 Å². The molecule has 2 aromatic rings. The number of hydrogen-bond acceptors (Lipinski definition) is 11. The number of hydrogen-bond donors (Lipinski definition) is 4. The maximum absolute atomic E-state index is 14.1. The van der Waals surface area contributed by atoms with Crippen molar-refractivity contribution in [3.05, 3.63) is 82.2 Å². The van der Waals surface area contributed by atoms with E-state index in [9.17, 15) is 37.2 Å². The Morgan fingerprint density at radius 3 is 1.75 bits per heavy atom. The van der Waals surface area contributed by atoms with Crippen molar-refractivity contribution >= 4 is 57.2 Å². The molecule has 15 nitrogen and oxygen atoms in total. The Morgan fingerprint density at radius 1 is 0.719 bits per heavy atom. The first-order valence-corrected chi connectivity index (χ1v) is 20.4. The normalized spacial score (nSPS) is 14.3. The molecule has 0 saturated heterocycles. The molecule has 57 heavy (non-hydrogen) atoms. The number of sulfone groups is 1. The summed E-state index contributed by atoms with van der Waals surface area (Å²) in [6, 6.07) is 11.2. The highest BCUT2D eigenvalue weighted by atomic mass is 35.5. The van der Waals surface area contributed by atoms with Gasteiger partial charge < -0.3 is 35.5 Å². The lowest BCUT2D eigenvalue weighted by Gasteiger charge is -2.28. The standard InChI is InChI=1S/C40H55ClN4O11S/c1-10-57(52,53)30(41)21-28(22-31(46)55-39(4,5)6)42-36(49)33(25(2)3)44-37(50)34(27-19-15-12-16-20-27)45-35(48)29(23-32(47)56-40(7,8)9)43-38(51)54-24-26-17-13-11-14-18-26/h11-21,25,28-29,33-34H,10,22-24H2,1-9H3,(H,42,49)(H,43,51)(H,44,50)(H,45,48)/b30-21-/t28-,29+,33-,34+/m1/s1. The van der Waals surface area contributed by atoms with Gasteiger partial charge in [-0.15, -0.1) is 0 Å². The number of halogens is 1. The molecule has 0 radical (unpaired) electrons. The second kappa shape index (κ2) is 21.5. The first-order chi connectivity index (χ1) is 26.4. The minimum Gasteiger partial charge on any atom is -0.460 e. The summed E-state index contributed by atoms with van der Waals surface area (Å²) >= 11 is 6.11. The van der Waals surface area contributed by atoms with Crippen molar-refractivity contribution in [1.29, 1.82) is 0 Å². The number of ether oxygens (including phenoxy) is 3. The van der Waals surface area contributed by atoms with E-state index in [0.29, 0.717) is 5.56 Å². The van der Waals surface area contributed by atoms with Crippen LogP contribution in [0.3, 0.4) is 0 Å². The highest BCUT2D eigenvalue weighted by Gasteiger charge is 2.35. The van der Waals surface area contributed by atoms with Crippen molar-refractivity contribution in [3.63, 3.8) is 0 Å². The maximum atomic E-state index is 14.1. The maximum Gasteiger partial charge on any atom is 0.408 e. The summed E-state index contributed by atoms with van der Waals surface area (Å²) in [5.74, 6) is -5.08. The minimum atomic E-state index is -3.91. The quantitative estimate of drug-likeness (QED) is 0.119. The second-order valence-corrected chi connectivity index (χ2v) is 18.3. The molecule has 4 amide bonds. The lowest BCUT2D eigenvalue weighted by atomic mass is 10.00. The van der Waals surface area contributed by atoms with E-state index in [1.165, 1.54) is 6.92 Å². The lowest BCUT2D eigenvalue weighted by molar-refractivity contribution is -0.157. The Labute approximate surface area is 339 Å². The highest BCUT2D eigenvalue weighted by Crippen LogP contribution is 2.19. The van der Waals surface area contributed by atoms with Crippen LogP contribution in [0.1, 0.15) is 92.3 Å². The zero-order valence-electron chi connectivity index (χ0n) is 33.8. The number of benzene rings is 2. The van der Waals surface area contributed by atoms with Gasteiger partial charge in [0.2, 0.25) is 17.7 Å². The van der Waals surface area contributed by atoms with E-state index >= 15 is 0 Å². The minimum absolute atomic E-state index is 0.129. The molecular weight excluding hydrogens is 780 g/mol. The fourth-order valence-corrected chi connectivity index (χ4v) is 6.14. The monoisotopic (exact) mass is 834 g/mol. The molecule has 0 aliphatic heterocycles. The predicted molar refractivity (Wildman–Crippen MR) is 214 cm³/mol. The van der Waals surface area contributed by atoms with E-state index in [1.807, 2.05) is 0 Å². The Kier molecular flexibility index (Phi) is 18.2. The summed E-state index contributed by atoms with van der Waals surface area (Å²) in [5.41, 5.74) is -0.839. The van der Waals surface area contributed by atoms with E-state index in [0.717, 1.165) is 6.08 Å². The SMILES string of the molecule is CCS(=O)(=O)/C(Cl)=C\[C@H](CC(=O)OC(C)(C)C)NC(=O)[C@H](NC(=O)[C@@H](NC(=O)[C@H](CC(=O)OC(C)(C)C)NC(=O)OCc1ccccc1)c1ccccc1)C(C)C. The molecule has 0 bridgehead atoms. The molecule has 0 heterocycles. The Balaban J connectivity index is 2.42. The van der Waals surface area contributed by atoms with Crippen molar-refractivity contribution in [1.82, 2.24) is 21.3 Å². The third-order valence-corrected chi connectivity index (χ3v) is 10.0. The molecule has 4 atom stereocenters. The van der Waals surface area contributed by atoms with E-state index in [2.05, 4.69) is 21.3 Å². The molecule has 17 heteroatoms. The molecule has 0 spiro atoms. The van der Waals surface area contributed by atoms with Crippen LogP contribution in [0.2, 0.25) is 0 Å². The molecule has 2 rings (SSSR count). The number of alkyl carbamates (subject to hydrolysis) is 1. The lowest BCUT2D eigenvalue weighted by Crippen LogP contribution is -2.56. The first kappa shape index (κ1) is 48.2. The average molecular weight is 835 g/mol. The summed E-state index contributed by atoms with van der Waals surface area (Å²) in [4.78, 5) is 80.3. The largest absolute Gasteiger partial charge is 0.460 e. The Morgan fingerprint density at radius 2 is 1.25 bits per heavy atom. The number of esters is 2. The van der Waals surface area contributed by atoms with Crippen molar-refractivity contribution in [2.24, 2.45) is 5.92 Å².